The number of aliphatic hydroxyl groups is 2. The second-order valence-electron chi connectivity index (χ2n) is 1.99. The molecule has 56 valence electrons. The van der Waals surface area contributed by atoms with Crippen molar-refractivity contribution in [1.82, 2.24) is 0 Å². The fourth-order valence-corrected chi connectivity index (χ4v) is 0.407. The molecule has 2 N–H and O–H groups in total. The Morgan fingerprint density at radius 2 is 2.11 bits per heavy atom. The van der Waals surface area contributed by atoms with E-state index in [1.54, 1.807) is 6.92 Å². The quantitative estimate of drug-likeness (QED) is 0.536. The van der Waals surface area contributed by atoms with Crippen molar-refractivity contribution < 1.29 is 14.9 Å². The van der Waals surface area contributed by atoms with Crippen LogP contribution in [0.1, 0.15) is 20.3 Å². The lowest BCUT2D eigenvalue weighted by Crippen LogP contribution is -2.21. The van der Waals surface area contributed by atoms with E-state index in [4.69, 9.17) is 14.9 Å². The zero-order valence-electron chi connectivity index (χ0n) is 5.87. The molecule has 0 saturated heterocycles. The normalized spacial score (nSPS) is 17.3. The summed E-state index contributed by atoms with van der Waals surface area (Å²) in [5, 5.41) is 17.3. The van der Waals surface area contributed by atoms with E-state index in [1.165, 1.54) is 0 Å². The molecule has 2 unspecified atom stereocenters. The molecule has 0 heterocycles. The van der Waals surface area contributed by atoms with Crippen LogP contribution in [0.15, 0.2) is 0 Å². The summed E-state index contributed by atoms with van der Waals surface area (Å²) >= 11 is 0. The van der Waals surface area contributed by atoms with E-state index >= 15 is 0 Å². The molecule has 0 saturated carbocycles. The lowest BCUT2D eigenvalue weighted by molar-refractivity contribution is -0.141. The summed E-state index contributed by atoms with van der Waals surface area (Å²) in [5.74, 6) is 0. The molecule has 0 aliphatic carbocycles. The van der Waals surface area contributed by atoms with Crippen molar-refractivity contribution in [3.05, 3.63) is 0 Å². The summed E-state index contributed by atoms with van der Waals surface area (Å²) in [7, 11) is 0. The molecule has 0 amide bonds. The Morgan fingerprint density at radius 1 is 1.56 bits per heavy atom. The third-order valence-corrected chi connectivity index (χ3v) is 0.996. The standard InChI is InChI=1S/C6H14O3/c1-3-6(8)9-5(2)4-7/h5-8H,3-4H2,1-2H3. The van der Waals surface area contributed by atoms with Crippen LogP contribution in [0.4, 0.5) is 0 Å². The lowest BCUT2D eigenvalue weighted by atomic mass is 10.4. The van der Waals surface area contributed by atoms with Gasteiger partial charge in [-0.2, -0.15) is 0 Å². The highest BCUT2D eigenvalue weighted by Crippen LogP contribution is 1.97. The molecule has 0 rings (SSSR count). The van der Waals surface area contributed by atoms with Crippen molar-refractivity contribution in [2.45, 2.75) is 32.7 Å². The predicted octanol–water partition coefficient (Wildman–Crippen LogP) is 0.112. The third kappa shape index (κ3) is 4.39. The molecule has 0 aromatic rings. The number of hydrogen-bond donors (Lipinski definition) is 2. The fraction of sp³-hybridized carbons (Fsp3) is 1.00. The predicted molar refractivity (Wildman–Crippen MR) is 33.9 cm³/mol. The zero-order chi connectivity index (χ0) is 7.28. The lowest BCUT2D eigenvalue weighted by Gasteiger charge is -2.13. The number of rotatable bonds is 4. The van der Waals surface area contributed by atoms with E-state index in [1.807, 2.05) is 6.92 Å². The smallest absolute Gasteiger partial charge is 0.154 e. The van der Waals surface area contributed by atoms with Crippen LogP contribution in [-0.2, 0) is 4.74 Å². The van der Waals surface area contributed by atoms with Crippen LogP contribution < -0.4 is 0 Å². The molecule has 0 aliphatic heterocycles. The summed E-state index contributed by atoms with van der Waals surface area (Å²) in [5.41, 5.74) is 0. The Labute approximate surface area is 55.3 Å². The Kier molecular flexibility index (Phi) is 4.67. The molecule has 0 aromatic carbocycles. The Balaban J connectivity index is 3.22. The van der Waals surface area contributed by atoms with Crippen LogP contribution in [-0.4, -0.2) is 29.2 Å². The minimum atomic E-state index is -0.729. The van der Waals surface area contributed by atoms with Crippen molar-refractivity contribution in [2.75, 3.05) is 6.61 Å². The molecule has 9 heavy (non-hydrogen) atoms. The maximum absolute atomic E-state index is 8.83. The first-order valence-corrected chi connectivity index (χ1v) is 3.15. The molecule has 3 heteroatoms. The number of hydrogen-bond acceptors (Lipinski definition) is 3. The zero-order valence-corrected chi connectivity index (χ0v) is 5.87. The average Bonchev–Trinajstić information content (AvgIpc) is 1.87. The molecular weight excluding hydrogens is 120 g/mol. The fourth-order valence-electron chi connectivity index (χ4n) is 0.407. The Bertz CT molecular complexity index is 57.3. The molecule has 0 fully saturated rings. The molecule has 0 spiro atoms. The van der Waals surface area contributed by atoms with Gasteiger partial charge in [0.1, 0.15) is 0 Å². The maximum atomic E-state index is 8.83. The van der Waals surface area contributed by atoms with E-state index in [-0.39, 0.29) is 12.7 Å². The van der Waals surface area contributed by atoms with E-state index in [0.717, 1.165) is 0 Å². The first-order valence-electron chi connectivity index (χ1n) is 3.15. The van der Waals surface area contributed by atoms with Gasteiger partial charge in [0.05, 0.1) is 12.7 Å². The van der Waals surface area contributed by atoms with Gasteiger partial charge in [-0.15, -0.1) is 0 Å². The summed E-state index contributed by atoms with van der Waals surface area (Å²) in [6.07, 6.45) is -0.434. The third-order valence-electron chi connectivity index (χ3n) is 0.996. The highest BCUT2D eigenvalue weighted by atomic mass is 16.6. The van der Waals surface area contributed by atoms with Gasteiger partial charge in [0.25, 0.3) is 0 Å². The van der Waals surface area contributed by atoms with E-state index in [2.05, 4.69) is 0 Å². The van der Waals surface area contributed by atoms with Crippen LogP contribution in [0.25, 0.3) is 0 Å². The summed E-state index contributed by atoms with van der Waals surface area (Å²) in [6.45, 7) is 3.48. The molecule has 2 atom stereocenters. The van der Waals surface area contributed by atoms with Crippen LogP contribution in [0.5, 0.6) is 0 Å². The Hall–Kier alpha value is -0.120. The molecule has 0 aromatic heterocycles. The molecule has 0 aliphatic rings. The van der Waals surface area contributed by atoms with Gasteiger partial charge in [-0.05, 0) is 13.3 Å². The van der Waals surface area contributed by atoms with Crippen molar-refractivity contribution in [3.8, 4) is 0 Å². The monoisotopic (exact) mass is 134 g/mol. The van der Waals surface area contributed by atoms with E-state index in [9.17, 15) is 0 Å². The van der Waals surface area contributed by atoms with Gasteiger partial charge in [0.2, 0.25) is 0 Å². The average molecular weight is 134 g/mol. The highest BCUT2D eigenvalue weighted by molar-refractivity contribution is 4.45. The summed E-state index contributed by atoms with van der Waals surface area (Å²) in [6, 6.07) is 0. The summed E-state index contributed by atoms with van der Waals surface area (Å²) < 4.78 is 4.85. The van der Waals surface area contributed by atoms with Gasteiger partial charge in [0.15, 0.2) is 6.29 Å². The second-order valence-corrected chi connectivity index (χ2v) is 1.99. The molecular formula is C6H14O3. The van der Waals surface area contributed by atoms with Gasteiger partial charge in [0, 0.05) is 0 Å². The van der Waals surface area contributed by atoms with E-state index < -0.39 is 6.29 Å². The highest BCUT2D eigenvalue weighted by Gasteiger charge is 2.05. The van der Waals surface area contributed by atoms with Gasteiger partial charge < -0.3 is 14.9 Å². The largest absolute Gasteiger partial charge is 0.394 e. The van der Waals surface area contributed by atoms with Gasteiger partial charge >= 0.3 is 0 Å². The second kappa shape index (κ2) is 4.73. The van der Waals surface area contributed by atoms with Crippen LogP contribution >= 0.6 is 0 Å². The molecule has 0 bridgehead atoms. The van der Waals surface area contributed by atoms with Crippen LogP contribution in [0, 0.1) is 0 Å². The van der Waals surface area contributed by atoms with Crippen LogP contribution in [0.2, 0.25) is 0 Å². The van der Waals surface area contributed by atoms with Gasteiger partial charge in [-0.1, -0.05) is 6.92 Å². The first kappa shape index (κ1) is 8.88. The van der Waals surface area contributed by atoms with Crippen LogP contribution in [0.3, 0.4) is 0 Å². The number of ether oxygens (including phenoxy) is 1. The van der Waals surface area contributed by atoms with E-state index in [0.29, 0.717) is 6.42 Å². The minimum Gasteiger partial charge on any atom is -0.394 e. The summed E-state index contributed by atoms with van der Waals surface area (Å²) in [4.78, 5) is 0. The first-order chi connectivity index (χ1) is 4.20. The Morgan fingerprint density at radius 3 is 2.44 bits per heavy atom. The maximum Gasteiger partial charge on any atom is 0.154 e. The molecule has 3 nitrogen and oxygen atoms in total. The molecule has 0 radical (unpaired) electrons. The van der Waals surface area contributed by atoms with Crippen molar-refractivity contribution in [2.24, 2.45) is 0 Å². The minimum absolute atomic E-state index is 0.0446. The van der Waals surface area contributed by atoms with Gasteiger partial charge in [-0.25, -0.2) is 0 Å². The van der Waals surface area contributed by atoms with Crippen molar-refractivity contribution in [3.63, 3.8) is 0 Å². The SMILES string of the molecule is CCC(O)OC(C)CO. The number of aliphatic hydroxyl groups excluding tert-OH is 2. The van der Waals surface area contributed by atoms with Crippen molar-refractivity contribution >= 4 is 0 Å². The van der Waals surface area contributed by atoms with Crippen molar-refractivity contribution in [1.29, 1.82) is 0 Å². The van der Waals surface area contributed by atoms with Gasteiger partial charge in [-0.3, -0.25) is 0 Å². The topological polar surface area (TPSA) is 49.7 Å².